The third kappa shape index (κ3) is 3.10. The Kier molecular flexibility index (Phi) is 3.87. The van der Waals surface area contributed by atoms with Crippen LogP contribution >= 0.6 is 0 Å². The fourth-order valence-corrected chi connectivity index (χ4v) is 4.91. The Morgan fingerprint density at radius 2 is 1.92 bits per heavy atom. The maximum atomic E-state index is 12.8. The van der Waals surface area contributed by atoms with E-state index in [1.807, 2.05) is 0 Å². The van der Waals surface area contributed by atoms with Gasteiger partial charge in [-0.25, -0.2) is 13.5 Å². The van der Waals surface area contributed by atoms with E-state index in [2.05, 4.69) is 0 Å². The predicted molar refractivity (Wildman–Crippen MR) is 83.1 cm³/mol. The number of alkyl halides is 3. The third-order valence-electron chi connectivity index (χ3n) is 4.90. The van der Waals surface area contributed by atoms with E-state index < -0.39 is 32.3 Å². The van der Waals surface area contributed by atoms with Gasteiger partial charge in [-0.15, -0.1) is 0 Å². The van der Waals surface area contributed by atoms with Crippen LogP contribution in [0.3, 0.4) is 0 Å². The smallest absolute Gasteiger partial charge is 0.272 e. The summed E-state index contributed by atoms with van der Waals surface area (Å²) in [4.78, 5) is 17.3. The molecule has 26 heavy (non-hydrogen) atoms. The standard InChI is InChI=1S/C16H17F3N2O4S/c17-16(18,19)12-2-1-3-13(6-12)26(23,24)20-9-15(10-20)7-14(22)21(25-15)8-11-4-5-11/h1-3,6,11H,4-5,7-10H2. The molecule has 0 N–H and O–H groups in total. The second-order valence-electron chi connectivity index (χ2n) is 7.15. The number of hydroxylamine groups is 2. The lowest BCUT2D eigenvalue weighted by atomic mass is 9.94. The SMILES string of the molecule is O=C1CC2(CN(S(=O)(=O)c3cccc(C(F)(F)F)c3)C2)ON1CC1CC1. The molecule has 1 spiro atoms. The number of amides is 1. The average molecular weight is 390 g/mol. The number of carbonyl (C=O) groups excluding carboxylic acids is 1. The molecule has 6 nitrogen and oxygen atoms in total. The quantitative estimate of drug-likeness (QED) is 0.789. The van der Waals surface area contributed by atoms with E-state index in [1.165, 1.54) is 5.06 Å². The van der Waals surface area contributed by atoms with Gasteiger partial charge in [0.25, 0.3) is 0 Å². The van der Waals surface area contributed by atoms with Crippen molar-refractivity contribution in [2.24, 2.45) is 5.92 Å². The molecule has 2 saturated heterocycles. The molecular formula is C16H17F3N2O4S. The lowest BCUT2D eigenvalue weighted by Crippen LogP contribution is -2.63. The molecule has 4 rings (SSSR count). The van der Waals surface area contributed by atoms with Crippen molar-refractivity contribution in [3.05, 3.63) is 29.8 Å². The molecule has 3 fully saturated rings. The summed E-state index contributed by atoms with van der Waals surface area (Å²) in [6, 6.07) is 3.65. The first-order chi connectivity index (χ1) is 12.1. The summed E-state index contributed by atoms with van der Waals surface area (Å²) in [7, 11) is -4.07. The van der Waals surface area contributed by atoms with E-state index in [-0.39, 0.29) is 25.4 Å². The number of rotatable bonds is 4. The van der Waals surface area contributed by atoms with Gasteiger partial charge in [-0.2, -0.15) is 17.5 Å². The second kappa shape index (κ2) is 5.67. The minimum absolute atomic E-state index is 0.0432. The van der Waals surface area contributed by atoms with Crippen molar-refractivity contribution < 1.29 is 31.2 Å². The van der Waals surface area contributed by atoms with Crippen LogP contribution in [0.4, 0.5) is 13.2 Å². The van der Waals surface area contributed by atoms with Crippen molar-refractivity contribution in [3.63, 3.8) is 0 Å². The Bertz CT molecular complexity index is 845. The van der Waals surface area contributed by atoms with Crippen LogP contribution in [0.2, 0.25) is 0 Å². The summed E-state index contributed by atoms with van der Waals surface area (Å²) >= 11 is 0. The van der Waals surface area contributed by atoms with Gasteiger partial charge < -0.3 is 0 Å². The zero-order chi connectivity index (χ0) is 18.7. The lowest BCUT2D eigenvalue weighted by molar-refractivity contribution is -0.225. The monoisotopic (exact) mass is 390 g/mol. The molecule has 0 atom stereocenters. The zero-order valence-electron chi connectivity index (χ0n) is 13.7. The number of carbonyl (C=O) groups is 1. The average Bonchev–Trinajstić information content (AvgIpc) is 3.28. The highest BCUT2D eigenvalue weighted by Gasteiger charge is 2.57. The van der Waals surface area contributed by atoms with Crippen molar-refractivity contribution in [1.82, 2.24) is 9.37 Å². The Labute approximate surface area is 148 Å². The van der Waals surface area contributed by atoms with Gasteiger partial charge in [0, 0.05) is 13.1 Å². The summed E-state index contributed by atoms with van der Waals surface area (Å²) in [6.45, 7) is 0.429. The molecule has 0 aromatic heterocycles. The number of benzene rings is 1. The number of hydrogen-bond donors (Lipinski definition) is 0. The van der Waals surface area contributed by atoms with E-state index in [1.54, 1.807) is 0 Å². The van der Waals surface area contributed by atoms with Gasteiger partial charge in [0.15, 0.2) is 0 Å². The molecule has 0 radical (unpaired) electrons. The van der Waals surface area contributed by atoms with E-state index in [0.717, 1.165) is 35.3 Å². The van der Waals surface area contributed by atoms with Crippen molar-refractivity contribution >= 4 is 15.9 Å². The molecule has 1 saturated carbocycles. The van der Waals surface area contributed by atoms with Gasteiger partial charge in [0.05, 0.1) is 23.4 Å². The third-order valence-corrected chi connectivity index (χ3v) is 6.69. The Hall–Kier alpha value is -1.65. The minimum Gasteiger partial charge on any atom is -0.272 e. The maximum Gasteiger partial charge on any atom is 0.416 e. The van der Waals surface area contributed by atoms with Gasteiger partial charge in [0.2, 0.25) is 15.9 Å². The summed E-state index contributed by atoms with van der Waals surface area (Å²) in [5.41, 5.74) is -1.91. The van der Waals surface area contributed by atoms with Crippen LogP contribution in [0, 0.1) is 5.92 Å². The summed E-state index contributed by atoms with van der Waals surface area (Å²) < 4.78 is 64.7. The molecule has 142 valence electrons. The van der Waals surface area contributed by atoms with Crippen LogP contribution < -0.4 is 0 Å². The highest BCUT2D eigenvalue weighted by molar-refractivity contribution is 7.89. The fourth-order valence-electron chi connectivity index (χ4n) is 3.27. The van der Waals surface area contributed by atoms with Crippen LogP contribution in [-0.4, -0.2) is 48.9 Å². The van der Waals surface area contributed by atoms with Crippen LogP contribution in [0.25, 0.3) is 0 Å². The molecule has 2 heterocycles. The van der Waals surface area contributed by atoms with Gasteiger partial charge in [0.1, 0.15) is 5.60 Å². The molecule has 3 aliphatic rings. The van der Waals surface area contributed by atoms with Crippen LogP contribution in [0.5, 0.6) is 0 Å². The molecule has 1 amide bonds. The fraction of sp³-hybridized carbons (Fsp3) is 0.562. The first kappa shape index (κ1) is 17.7. The molecule has 0 bridgehead atoms. The van der Waals surface area contributed by atoms with Crippen molar-refractivity contribution in [3.8, 4) is 0 Å². The number of hydrogen-bond acceptors (Lipinski definition) is 4. The van der Waals surface area contributed by atoms with E-state index in [4.69, 9.17) is 4.84 Å². The normalized spacial score (nSPS) is 23.5. The summed E-state index contributed by atoms with van der Waals surface area (Å²) in [6.07, 6.45) is -2.42. The molecule has 10 heteroatoms. The molecule has 2 aliphatic heterocycles. The Morgan fingerprint density at radius 1 is 1.23 bits per heavy atom. The highest BCUT2D eigenvalue weighted by atomic mass is 32.2. The van der Waals surface area contributed by atoms with Crippen LogP contribution in [0.1, 0.15) is 24.8 Å². The Morgan fingerprint density at radius 3 is 2.54 bits per heavy atom. The van der Waals surface area contributed by atoms with Gasteiger partial charge in [-0.1, -0.05) is 6.07 Å². The largest absolute Gasteiger partial charge is 0.416 e. The number of nitrogens with zero attached hydrogens (tertiary/aromatic N) is 2. The summed E-state index contributed by atoms with van der Waals surface area (Å²) in [5.74, 6) is 0.270. The summed E-state index contributed by atoms with van der Waals surface area (Å²) in [5, 5.41) is 1.31. The first-order valence-corrected chi connectivity index (χ1v) is 9.70. The van der Waals surface area contributed by atoms with E-state index in [9.17, 15) is 26.4 Å². The van der Waals surface area contributed by atoms with Crippen molar-refractivity contribution in [2.45, 2.75) is 35.9 Å². The lowest BCUT2D eigenvalue weighted by Gasteiger charge is -2.44. The van der Waals surface area contributed by atoms with Gasteiger partial charge in [-0.05, 0) is 37.0 Å². The zero-order valence-corrected chi connectivity index (χ0v) is 14.5. The molecule has 1 aromatic rings. The molecule has 1 aliphatic carbocycles. The molecule has 0 unspecified atom stereocenters. The van der Waals surface area contributed by atoms with Crippen LogP contribution in [-0.2, 0) is 25.8 Å². The van der Waals surface area contributed by atoms with Crippen LogP contribution in [0.15, 0.2) is 29.2 Å². The van der Waals surface area contributed by atoms with Crippen molar-refractivity contribution in [1.29, 1.82) is 0 Å². The topological polar surface area (TPSA) is 66.9 Å². The highest BCUT2D eigenvalue weighted by Crippen LogP contribution is 2.41. The minimum atomic E-state index is -4.62. The molecular weight excluding hydrogens is 373 g/mol. The first-order valence-electron chi connectivity index (χ1n) is 8.26. The Balaban J connectivity index is 1.47. The molecule has 1 aromatic carbocycles. The number of halogens is 3. The van der Waals surface area contributed by atoms with Gasteiger partial charge >= 0.3 is 6.18 Å². The predicted octanol–water partition coefficient (Wildman–Crippen LogP) is 2.02. The second-order valence-corrected chi connectivity index (χ2v) is 9.09. The van der Waals surface area contributed by atoms with E-state index in [0.29, 0.717) is 18.5 Å². The van der Waals surface area contributed by atoms with Crippen molar-refractivity contribution in [2.75, 3.05) is 19.6 Å². The number of sulfonamides is 1. The maximum absolute atomic E-state index is 12.8. The van der Waals surface area contributed by atoms with Gasteiger partial charge in [-0.3, -0.25) is 9.63 Å². The van der Waals surface area contributed by atoms with E-state index >= 15 is 0 Å².